The molecule has 0 spiro atoms. The van der Waals surface area contributed by atoms with Gasteiger partial charge in [-0.1, -0.05) is 0 Å². The molecule has 3 N–H and O–H groups in total. The summed E-state index contributed by atoms with van der Waals surface area (Å²) >= 11 is 5.20. The van der Waals surface area contributed by atoms with Crippen LogP contribution in [-0.4, -0.2) is 30.3 Å². The number of aromatic nitrogens is 2. The van der Waals surface area contributed by atoms with Gasteiger partial charge in [-0.25, -0.2) is 0 Å². The molecule has 0 aliphatic heterocycles. The standard InChI is InChI=1S/C14H17N3O3S.ClH/c1-19-10-5-9(6-11(7-10)20-2)12-8-13(18)16-14(21)17(12)4-3-15;/h5-8H,3-4,15H2,1-2H3,(H,16,18,21);1H. The van der Waals surface area contributed by atoms with Crippen molar-refractivity contribution in [3.8, 4) is 22.8 Å². The third-order valence-corrected chi connectivity index (χ3v) is 3.36. The number of ether oxygens (including phenoxy) is 2. The molecular formula is C14H18ClN3O3S. The van der Waals surface area contributed by atoms with Crippen molar-refractivity contribution in [2.24, 2.45) is 5.73 Å². The number of rotatable bonds is 5. The lowest BCUT2D eigenvalue weighted by Crippen LogP contribution is -2.18. The molecule has 120 valence electrons. The second-order valence-electron chi connectivity index (χ2n) is 4.37. The van der Waals surface area contributed by atoms with E-state index in [-0.39, 0.29) is 18.0 Å². The molecule has 0 bridgehead atoms. The first-order chi connectivity index (χ1) is 10.1. The summed E-state index contributed by atoms with van der Waals surface area (Å²) in [6.07, 6.45) is 0. The van der Waals surface area contributed by atoms with Crippen molar-refractivity contribution < 1.29 is 9.47 Å². The van der Waals surface area contributed by atoms with Crippen LogP contribution in [-0.2, 0) is 6.54 Å². The average molecular weight is 344 g/mol. The topological polar surface area (TPSA) is 82.3 Å². The van der Waals surface area contributed by atoms with Crippen molar-refractivity contribution in [2.45, 2.75) is 6.54 Å². The summed E-state index contributed by atoms with van der Waals surface area (Å²) in [7, 11) is 3.14. The Bertz CT molecular complexity index is 735. The molecule has 0 fully saturated rings. The molecule has 0 saturated heterocycles. The second kappa shape index (κ2) is 7.98. The Balaban J connectivity index is 0.00000242. The largest absolute Gasteiger partial charge is 0.497 e. The van der Waals surface area contributed by atoms with Crippen LogP contribution < -0.4 is 20.8 Å². The number of H-pyrrole nitrogens is 1. The lowest BCUT2D eigenvalue weighted by atomic mass is 10.1. The maximum atomic E-state index is 11.7. The van der Waals surface area contributed by atoms with Gasteiger partial charge in [0.15, 0.2) is 4.77 Å². The number of benzene rings is 1. The minimum absolute atomic E-state index is 0. The van der Waals surface area contributed by atoms with E-state index in [2.05, 4.69) is 4.98 Å². The van der Waals surface area contributed by atoms with Crippen LogP contribution in [0.3, 0.4) is 0 Å². The number of methoxy groups -OCH3 is 2. The Morgan fingerprint density at radius 1 is 1.18 bits per heavy atom. The van der Waals surface area contributed by atoms with E-state index in [0.717, 1.165) is 5.56 Å². The monoisotopic (exact) mass is 343 g/mol. The molecule has 0 unspecified atom stereocenters. The van der Waals surface area contributed by atoms with Gasteiger partial charge in [0.25, 0.3) is 5.56 Å². The van der Waals surface area contributed by atoms with Gasteiger partial charge in [-0.15, -0.1) is 12.4 Å². The van der Waals surface area contributed by atoms with Gasteiger partial charge < -0.3 is 19.8 Å². The number of hydrogen-bond donors (Lipinski definition) is 2. The molecule has 6 nitrogen and oxygen atoms in total. The highest BCUT2D eigenvalue weighted by atomic mass is 35.5. The molecule has 2 rings (SSSR count). The molecule has 22 heavy (non-hydrogen) atoms. The van der Waals surface area contributed by atoms with Gasteiger partial charge in [-0.05, 0) is 24.4 Å². The number of hydrogen-bond acceptors (Lipinski definition) is 5. The van der Waals surface area contributed by atoms with Gasteiger partial charge in [0.1, 0.15) is 11.5 Å². The summed E-state index contributed by atoms with van der Waals surface area (Å²) in [4.78, 5) is 14.3. The maximum absolute atomic E-state index is 11.7. The van der Waals surface area contributed by atoms with Gasteiger partial charge in [0, 0.05) is 30.8 Å². The van der Waals surface area contributed by atoms with E-state index in [9.17, 15) is 4.79 Å². The number of aromatic amines is 1. The van der Waals surface area contributed by atoms with Crippen LogP contribution in [0.25, 0.3) is 11.3 Å². The summed E-state index contributed by atoms with van der Waals surface area (Å²) in [6.45, 7) is 0.916. The van der Waals surface area contributed by atoms with Crippen LogP contribution in [0, 0.1) is 4.77 Å². The van der Waals surface area contributed by atoms with Crippen molar-refractivity contribution in [3.63, 3.8) is 0 Å². The highest BCUT2D eigenvalue weighted by molar-refractivity contribution is 7.71. The molecule has 0 amide bonds. The van der Waals surface area contributed by atoms with Gasteiger partial charge >= 0.3 is 0 Å². The van der Waals surface area contributed by atoms with Crippen molar-refractivity contribution in [2.75, 3.05) is 20.8 Å². The minimum atomic E-state index is -0.259. The summed E-state index contributed by atoms with van der Waals surface area (Å²) in [5, 5.41) is 0. The van der Waals surface area contributed by atoms with E-state index < -0.39 is 0 Å². The average Bonchev–Trinajstić information content (AvgIpc) is 2.49. The van der Waals surface area contributed by atoms with Crippen LogP contribution in [0.2, 0.25) is 0 Å². The molecule has 0 aliphatic rings. The lowest BCUT2D eigenvalue weighted by molar-refractivity contribution is 0.394. The number of nitrogens with one attached hydrogen (secondary N) is 1. The molecular weight excluding hydrogens is 326 g/mol. The molecule has 1 heterocycles. The van der Waals surface area contributed by atoms with E-state index >= 15 is 0 Å². The van der Waals surface area contributed by atoms with E-state index in [4.69, 9.17) is 27.4 Å². The van der Waals surface area contributed by atoms with E-state index in [1.807, 2.05) is 12.1 Å². The summed E-state index contributed by atoms with van der Waals surface area (Å²) in [6, 6.07) is 6.89. The fourth-order valence-corrected chi connectivity index (χ4v) is 2.36. The Morgan fingerprint density at radius 3 is 2.27 bits per heavy atom. The maximum Gasteiger partial charge on any atom is 0.252 e. The Labute approximate surface area is 139 Å². The molecule has 0 saturated carbocycles. The second-order valence-corrected chi connectivity index (χ2v) is 4.75. The number of halogens is 1. The first-order valence-corrected chi connectivity index (χ1v) is 6.77. The Kier molecular flexibility index (Phi) is 6.61. The summed E-state index contributed by atoms with van der Waals surface area (Å²) in [5.74, 6) is 1.27. The zero-order valence-corrected chi connectivity index (χ0v) is 13.9. The molecule has 0 aliphatic carbocycles. The predicted octanol–water partition coefficient (Wildman–Crippen LogP) is 1.97. The van der Waals surface area contributed by atoms with Crippen LogP contribution in [0.15, 0.2) is 29.1 Å². The fraction of sp³-hybridized carbons (Fsp3) is 0.286. The number of nitrogens with two attached hydrogens (primary N) is 1. The highest BCUT2D eigenvalue weighted by Crippen LogP contribution is 2.29. The van der Waals surface area contributed by atoms with Crippen molar-refractivity contribution >= 4 is 24.6 Å². The zero-order chi connectivity index (χ0) is 15.4. The quantitative estimate of drug-likeness (QED) is 0.811. The zero-order valence-electron chi connectivity index (χ0n) is 12.3. The van der Waals surface area contributed by atoms with Crippen LogP contribution in [0.5, 0.6) is 11.5 Å². The smallest absolute Gasteiger partial charge is 0.252 e. The summed E-state index contributed by atoms with van der Waals surface area (Å²) < 4.78 is 12.6. The normalized spacial score (nSPS) is 9.95. The molecule has 0 radical (unpaired) electrons. The van der Waals surface area contributed by atoms with Crippen molar-refractivity contribution in [3.05, 3.63) is 39.4 Å². The Morgan fingerprint density at radius 2 is 1.77 bits per heavy atom. The van der Waals surface area contributed by atoms with Gasteiger partial charge in [0.2, 0.25) is 0 Å². The predicted molar refractivity (Wildman–Crippen MR) is 90.7 cm³/mol. The Hall–Kier alpha value is -1.83. The molecule has 0 atom stereocenters. The third kappa shape index (κ3) is 3.88. The van der Waals surface area contributed by atoms with Gasteiger partial charge in [-0.2, -0.15) is 0 Å². The fourth-order valence-electron chi connectivity index (χ4n) is 2.07. The van der Waals surface area contributed by atoms with E-state index in [1.54, 1.807) is 24.9 Å². The SMILES string of the molecule is COc1cc(OC)cc(-c2cc(=O)[nH]c(=S)n2CCN)c1.Cl. The van der Waals surface area contributed by atoms with Gasteiger partial charge in [-0.3, -0.25) is 9.78 Å². The minimum Gasteiger partial charge on any atom is -0.497 e. The number of nitrogens with zero attached hydrogens (tertiary/aromatic N) is 1. The van der Waals surface area contributed by atoms with Crippen LogP contribution in [0.1, 0.15) is 0 Å². The molecule has 2 aromatic rings. The van der Waals surface area contributed by atoms with Crippen LogP contribution in [0.4, 0.5) is 0 Å². The molecule has 8 heteroatoms. The highest BCUT2D eigenvalue weighted by Gasteiger charge is 2.10. The van der Waals surface area contributed by atoms with E-state index in [0.29, 0.717) is 35.1 Å². The van der Waals surface area contributed by atoms with Crippen LogP contribution >= 0.6 is 24.6 Å². The third-order valence-electron chi connectivity index (χ3n) is 3.03. The molecule has 1 aromatic heterocycles. The first kappa shape index (κ1) is 18.2. The summed E-state index contributed by atoms with van der Waals surface area (Å²) in [5.41, 5.74) is 6.81. The molecule has 1 aromatic carbocycles. The first-order valence-electron chi connectivity index (χ1n) is 6.36. The lowest BCUT2D eigenvalue weighted by Gasteiger charge is -2.14. The van der Waals surface area contributed by atoms with Crippen molar-refractivity contribution in [1.29, 1.82) is 0 Å². The van der Waals surface area contributed by atoms with Gasteiger partial charge in [0.05, 0.1) is 19.9 Å². The van der Waals surface area contributed by atoms with Crippen molar-refractivity contribution in [1.82, 2.24) is 9.55 Å². The van der Waals surface area contributed by atoms with E-state index in [1.165, 1.54) is 6.07 Å².